The molecule has 0 N–H and O–H groups in total. The number of fused-ring (bicyclic) bond motifs is 1. The zero-order valence-electron chi connectivity index (χ0n) is 15.1. The van der Waals surface area contributed by atoms with Gasteiger partial charge in [0, 0.05) is 56.8 Å². The minimum Gasteiger partial charge on any atom is -0.353 e. The average Bonchev–Trinajstić information content (AvgIpc) is 3.17. The average molecular weight is 362 g/mol. The predicted molar refractivity (Wildman–Crippen MR) is 105 cm³/mol. The van der Waals surface area contributed by atoms with Gasteiger partial charge in [-0.25, -0.2) is 4.98 Å². The molecule has 0 saturated carbocycles. The number of pyridine rings is 1. The predicted octanol–water partition coefficient (Wildman–Crippen LogP) is 2.81. The van der Waals surface area contributed by atoms with E-state index in [1.54, 1.807) is 17.0 Å². The maximum absolute atomic E-state index is 12.5. The number of benzene rings is 1. The third kappa shape index (κ3) is 3.69. The zero-order valence-corrected chi connectivity index (χ0v) is 15.1. The van der Waals surface area contributed by atoms with Gasteiger partial charge in [-0.15, -0.1) is 0 Å². The molecular formula is C21H22N4O2. The Morgan fingerprint density at radius 2 is 1.59 bits per heavy atom. The standard InChI is InChI=1S/C21H22N4O2/c26-20(24-15-13-23(14-16-24)19-7-3-4-11-22-19)8-9-21(27)25-12-10-17-5-1-2-6-18(17)25/h1-7,10-12H,8-9,13-16H2. The quantitative estimate of drug-likeness (QED) is 0.716. The third-order valence-electron chi connectivity index (χ3n) is 5.03. The van der Waals surface area contributed by atoms with Gasteiger partial charge in [0.1, 0.15) is 5.82 Å². The number of anilines is 1. The molecule has 1 amide bonds. The van der Waals surface area contributed by atoms with E-state index >= 15 is 0 Å². The van der Waals surface area contributed by atoms with Crippen molar-refractivity contribution in [2.75, 3.05) is 31.1 Å². The first-order valence-electron chi connectivity index (χ1n) is 9.25. The summed E-state index contributed by atoms with van der Waals surface area (Å²) in [6.07, 6.45) is 4.03. The van der Waals surface area contributed by atoms with Crippen LogP contribution in [0.25, 0.3) is 10.9 Å². The van der Waals surface area contributed by atoms with Crippen molar-refractivity contribution in [1.82, 2.24) is 14.5 Å². The lowest BCUT2D eigenvalue weighted by Crippen LogP contribution is -2.49. The second-order valence-corrected chi connectivity index (χ2v) is 6.69. The Balaban J connectivity index is 1.30. The molecule has 0 atom stereocenters. The fourth-order valence-corrected chi connectivity index (χ4v) is 3.52. The number of nitrogens with zero attached hydrogens (tertiary/aromatic N) is 4. The van der Waals surface area contributed by atoms with Crippen molar-refractivity contribution in [2.24, 2.45) is 0 Å². The molecule has 1 aliphatic heterocycles. The van der Waals surface area contributed by atoms with E-state index in [-0.39, 0.29) is 24.7 Å². The van der Waals surface area contributed by atoms with E-state index in [0.717, 1.165) is 29.8 Å². The van der Waals surface area contributed by atoms with Gasteiger partial charge >= 0.3 is 0 Å². The summed E-state index contributed by atoms with van der Waals surface area (Å²) in [5.41, 5.74) is 0.888. The van der Waals surface area contributed by atoms with Crippen LogP contribution in [-0.2, 0) is 4.79 Å². The van der Waals surface area contributed by atoms with Gasteiger partial charge in [-0.3, -0.25) is 14.2 Å². The van der Waals surface area contributed by atoms with Crippen molar-refractivity contribution in [2.45, 2.75) is 12.8 Å². The van der Waals surface area contributed by atoms with Crippen molar-refractivity contribution in [3.63, 3.8) is 0 Å². The maximum Gasteiger partial charge on any atom is 0.231 e. The van der Waals surface area contributed by atoms with Gasteiger partial charge in [-0.2, -0.15) is 0 Å². The Morgan fingerprint density at radius 3 is 2.37 bits per heavy atom. The lowest BCUT2D eigenvalue weighted by molar-refractivity contribution is -0.131. The van der Waals surface area contributed by atoms with Crippen LogP contribution in [0.5, 0.6) is 0 Å². The monoisotopic (exact) mass is 362 g/mol. The van der Waals surface area contributed by atoms with E-state index in [1.807, 2.05) is 53.4 Å². The Hall–Kier alpha value is -3.15. The molecule has 0 unspecified atom stereocenters. The van der Waals surface area contributed by atoms with Crippen LogP contribution in [0.15, 0.2) is 60.9 Å². The summed E-state index contributed by atoms with van der Waals surface area (Å²) in [4.78, 5) is 33.4. The number of carbonyl (C=O) groups is 2. The molecule has 6 nitrogen and oxygen atoms in total. The van der Waals surface area contributed by atoms with Gasteiger partial charge in [-0.05, 0) is 24.3 Å². The van der Waals surface area contributed by atoms with Gasteiger partial charge in [0.2, 0.25) is 11.8 Å². The van der Waals surface area contributed by atoms with Gasteiger partial charge in [-0.1, -0.05) is 24.3 Å². The molecule has 4 rings (SSSR count). The van der Waals surface area contributed by atoms with Crippen molar-refractivity contribution in [3.05, 3.63) is 60.9 Å². The van der Waals surface area contributed by atoms with Crippen molar-refractivity contribution >= 4 is 28.5 Å². The minimum atomic E-state index is -0.0447. The number of hydrogen-bond donors (Lipinski definition) is 0. The molecule has 1 fully saturated rings. The van der Waals surface area contributed by atoms with Gasteiger partial charge in [0.05, 0.1) is 5.52 Å². The number of piperazine rings is 1. The van der Waals surface area contributed by atoms with E-state index in [2.05, 4.69) is 9.88 Å². The number of aromatic nitrogens is 2. The molecule has 1 aromatic carbocycles. The zero-order chi connectivity index (χ0) is 18.6. The third-order valence-corrected chi connectivity index (χ3v) is 5.03. The van der Waals surface area contributed by atoms with Crippen LogP contribution in [0.4, 0.5) is 5.82 Å². The van der Waals surface area contributed by atoms with Gasteiger partial charge < -0.3 is 9.80 Å². The molecule has 1 saturated heterocycles. The first-order chi connectivity index (χ1) is 13.2. The van der Waals surface area contributed by atoms with Crippen molar-refractivity contribution < 1.29 is 9.59 Å². The fraction of sp³-hybridized carbons (Fsp3) is 0.286. The normalized spacial score (nSPS) is 14.5. The molecule has 0 bridgehead atoms. The highest BCUT2D eigenvalue weighted by Crippen LogP contribution is 2.17. The number of para-hydroxylation sites is 1. The molecule has 1 aliphatic rings. The number of carbonyl (C=O) groups excluding carboxylic acids is 2. The van der Waals surface area contributed by atoms with Crippen molar-refractivity contribution in [1.29, 1.82) is 0 Å². The Labute approximate surface area is 158 Å². The first-order valence-corrected chi connectivity index (χ1v) is 9.25. The molecule has 0 radical (unpaired) electrons. The molecule has 2 aromatic heterocycles. The summed E-state index contributed by atoms with van der Waals surface area (Å²) in [7, 11) is 0. The van der Waals surface area contributed by atoms with E-state index in [9.17, 15) is 9.59 Å². The Morgan fingerprint density at radius 1 is 0.852 bits per heavy atom. The van der Waals surface area contributed by atoms with Crippen molar-refractivity contribution in [3.8, 4) is 0 Å². The number of rotatable bonds is 4. The van der Waals surface area contributed by atoms with E-state index in [0.29, 0.717) is 13.1 Å². The summed E-state index contributed by atoms with van der Waals surface area (Å²) in [6.45, 7) is 2.85. The highest BCUT2D eigenvalue weighted by molar-refractivity contribution is 5.94. The minimum absolute atomic E-state index is 0.0421. The van der Waals surface area contributed by atoms with E-state index in [4.69, 9.17) is 0 Å². The highest BCUT2D eigenvalue weighted by Gasteiger charge is 2.22. The summed E-state index contributed by atoms with van der Waals surface area (Å²) in [6, 6.07) is 15.5. The summed E-state index contributed by atoms with van der Waals surface area (Å²) < 4.78 is 1.64. The van der Waals surface area contributed by atoms with E-state index < -0.39 is 0 Å². The van der Waals surface area contributed by atoms with Crippen LogP contribution in [0.1, 0.15) is 17.6 Å². The van der Waals surface area contributed by atoms with E-state index in [1.165, 1.54) is 0 Å². The van der Waals surface area contributed by atoms with Crippen LogP contribution in [-0.4, -0.2) is 52.4 Å². The maximum atomic E-state index is 12.5. The largest absolute Gasteiger partial charge is 0.353 e. The van der Waals surface area contributed by atoms with Gasteiger partial charge in [0.25, 0.3) is 0 Å². The molecule has 3 aromatic rings. The molecule has 3 heterocycles. The first kappa shape index (κ1) is 17.3. The molecule has 0 spiro atoms. The summed E-state index contributed by atoms with van der Waals surface area (Å²) in [5, 5.41) is 1.03. The van der Waals surface area contributed by atoms with Crippen LogP contribution < -0.4 is 4.90 Å². The SMILES string of the molecule is O=C(CCC(=O)n1ccc2ccccc21)N1CCN(c2ccccn2)CC1. The van der Waals surface area contributed by atoms with Crippen LogP contribution in [0.2, 0.25) is 0 Å². The lowest BCUT2D eigenvalue weighted by Gasteiger charge is -2.35. The lowest BCUT2D eigenvalue weighted by atomic mass is 10.2. The molecule has 27 heavy (non-hydrogen) atoms. The van der Waals surface area contributed by atoms with Crippen LogP contribution >= 0.6 is 0 Å². The Bertz CT molecular complexity index is 943. The molecule has 6 heteroatoms. The summed E-state index contributed by atoms with van der Waals surface area (Å²) in [5.74, 6) is 0.941. The van der Waals surface area contributed by atoms with Crippen LogP contribution in [0.3, 0.4) is 0 Å². The molecule has 0 aliphatic carbocycles. The Kier molecular flexibility index (Phi) is 4.87. The van der Waals surface area contributed by atoms with Crippen LogP contribution in [0, 0.1) is 0 Å². The molecular weight excluding hydrogens is 340 g/mol. The highest BCUT2D eigenvalue weighted by atomic mass is 16.2. The van der Waals surface area contributed by atoms with Gasteiger partial charge in [0.15, 0.2) is 0 Å². The second kappa shape index (κ2) is 7.61. The topological polar surface area (TPSA) is 58.4 Å². The molecule has 138 valence electrons. The number of amides is 1. The number of hydrogen-bond acceptors (Lipinski definition) is 4. The second-order valence-electron chi connectivity index (χ2n) is 6.69. The fourth-order valence-electron chi connectivity index (χ4n) is 3.52. The summed E-state index contributed by atoms with van der Waals surface area (Å²) >= 11 is 0. The smallest absolute Gasteiger partial charge is 0.231 e.